The first kappa shape index (κ1) is 16.5. The molecule has 0 aromatic heterocycles. The highest BCUT2D eigenvalue weighted by molar-refractivity contribution is 6.43. The van der Waals surface area contributed by atoms with Crippen molar-refractivity contribution >= 4 is 13.0 Å². The van der Waals surface area contributed by atoms with Gasteiger partial charge in [0.05, 0.1) is 5.94 Å². The molecule has 0 fully saturated rings. The first-order chi connectivity index (χ1) is 7.97. The van der Waals surface area contributed by atoms with Crippen LogP contribution in [0.5, 0.6) is 0 Å². The summed E-state index contributed by atoms with van der Waals surface area (Å²) in [6, 6.07) is 0. The van der Waals surface area contributed by atoms with Crippen molar-refractivity contribution in [2.24, 2.45) is 5.92 Å². The molecule has 0 rings (SSSR count). The maximum absolute atomic E-state index is 11.6. The van der Waals surface area contributed by atoms with Crippen molar-refractivity contribution in [3.8, 4) is 0 Å². The predicted octanol–water partition coefficient (Wildman–Crippen LogP) is 1.50. The van der Waals surface area contributed by atoms with E-state index in [-0.39, 0.29) is 5.91 Å². The van der Waals surface area contributed by atoms with Crippen LogP contribution >= 0.6 is 0 Å². The van der Waals surface area contributed by atoms with Gasteiger partial charge < -0.3 is 15.4 Å². The molecule has 1 unspecified atom stereocenters. The molecule has 0 bridgehead atoms. The highest BCUT2D eigenvalue weighted by Gasteiger charge is 2.25. The fraction of sp³-hybridized carbons (Fsp3) is 0.917. The monoisotopic (exact) mass is 243 g/mol. The highest BCUT2D eigenvalue weighted by Crippen LogP contribution is 2.07. The molecule has 0 saturated heterocycles. The summed E-state index contributed by atoms with van der Waals surface area (Å²) in [6.07, 6.45) is 5.27. The molecule has 0 aliphatic heterocycles. The van der Waals surface area contributed by atoms with Gasteiger partial charge in [0.25, 0.3) is 0 Å². The number of amides is 1. The van der Waals surface area contributed by atoms with Gasteiger partial charge in [-0.15, -0.1) is 0 Å². The Balaban J connectivity index is 3.87. The van der Waals surface area contributed by atoms with Crippen LogP contribution in [0.2, 0.25) is 0 Å². The number of hydrogen-bond acceptors (Lipinski definition) is 3. The Morgan fingerprint density at radius 2 is 1.88 bits per heavy atom. The first-order valence-electron chi connectivity index (χ1n) is 6.62. The Morgan fingerprint density at radius 1 is 1.24 bits per heavy atom. The minimum absolute atomic E-state index is 0.0835. The molecule has 0 aromatic rings. The summed E-state index contributed by atoms with van der Waals surface area (Å²) in [5, 5.41) is 21.0. The van der Waals surface area contributed by atoms with Crippen molar-refractivity contribution in [2.75, 3.05) is 0 Å². The van der Waals surface area contributed by atoms with E-state index in [1.165, 1.54) is 0 Å². The molecule has 1 amide bonds. The molecule has 0 heterocycles. The van der Waals surface area contributed by atoms with Crippen LogP contribution in [0.1, 0.15) is 59.3 Å². The minimum Gasteiger partial charge on any atom is -0.426 e. The Morgan fingerprint density at radius 3 is 2.35 bits per heavy atom. The van der Waals surface area contributed by atoms with Crippen LogP contribution in [-0.4, -0.2) is 29.0 Å². The van der Waals surface area contributed by atoms with E-state index in [4.69, 9.17) is 10.0 Å². The Hall–Kier alpha value is -0.545. The van der Waals surface area contributed by atoms with Crippen molar-refractivity contribution in [3.05, 3.63) is 0 Å². The second-order valence-electron chi connectivity index (χ2n) is 5.03. The molecule has 5 heteroatoms. The minimum atomic E-state index is -1.48. The molecular formula is C12H26BNO3. The fourth-order valence-electron chi connectivity index (χ4n) is 1.75. The maximum atomic E-state index is 11.6. The van der Waals surface area contributed by atoms with Crippen LogP contribution in [-0.2, 0) is 4.79 Å². The third-order valence-corrected chi connectivity index (χ3v) is 2.69. The quantitative estimate of drug-likeness (QED) is 0.424. The van der Waals surface area contributed by atoms with E-state index in [1.54, 1.807) is 0 Å². The molecule has 0 aromatic carbocycles. The third kappa shape index (κ3) is 9.18. The molecule has 0 aliphatic carbocycles. The van der Waals surface area contributed by atoms with Gasteiger partial charge in [-0.05, 0) is 18.8 Å². The average Bonchev–Trinajstić information content (AvgIpc) is 2.22. The second-order valence-corrected chi connectivity index (χ2v) is 5.03. The molecule has 0 radical (unpaired) electrons. The van der Waals surface area contributed by atoms with E-state index in [9.17, 15) is 4.79 Å². The van der Waals surface area contributed by atoms with E-state index >= 15 is 0 Å². The van der Waals surface area contributed by atoms with Gasteiger partial charge in [0.15, 0.2) is 0 Å². The summed E-state index contributed by atoms with van der Waals surface area (Å²) in [7, 11) is -1.48. The number of hydrogen-bond donors (Lipinski definition) is 3. The van der Waals surface area contributed by atoms with Gasteiger partial charge in [0.2, 0.25) is 5.91 Å². The standard InChI is InChI=1S/C12H26BNO3/c1-4-5-6-7-8-12(15)14-11(13(16)17)9-10(2)3/h10-11,16-17H,4-9H2,1-3H3,(H,14,15). The molecule has 4 nitrogen and oxygen atoms in total. The normalized spacial score (nSPS) is 12.6. The summed E-state index contributed by atoms with van der Waals surface area (Å²) in [5.41, 5.74) is 0. The first-order valence-corrected chi connectivity index (χ1v) is 6.62. The van der Waals surface area contributed by atoms with Crippen LogP contribution in [0.4, 0.5) is 0 Å². The van der Waals surface area contributed by atoms with Crippen molar-refractivity contribution in [2.45, 2.75) is 65.2 Å². The molecule has 0 saturated carbocycles. The lowest BCUT2D eigenvalue weighted by Gasteiger charge is -2.19. The van der Waals surface area contributed by atoms with Crippen LogP contribution in [0.25, 0.3) is 0 Å². The zero-order valence-electron chi connectivity index (χ0n) is 11.3. The number of carbonyl (C=O) groups excluding carboxylic acids is 1. The topological polar surface area (TPSA) is 69.6 Å². The van der Waals surface area contributed by atoms with Crippen molar-refractivity contribution < 1.29 is 14.8 Å². The molecular weight excluding hydrogens is 217 g/mol. The van der Waals surface area contributed by atoms with Gasteiger partial charge in [-0.1, -0.05) is 40.0 Å². The van der Waals surface area contributed by atoms with E-state index in [0.29, 0.717) is 18.8 Å². The van der Waals surface area contributed by atoms with Crippen molar-refractivity contribution in [1.82, 2.24) is 5.32 Å². The molecule has 1 atom stereocenters. The number of carbonyl (C=O) groups is 1. The summed E-state index contributed by atoms with van der Waals surface area (Å²) < 4.78 is 0. The number of nitrogens with one attached hydrogen (secondary N) is 1. The van der Waals surface area contributed by atoms with Gasteiger partial charge in [0.1, 0.15) is 0 Å². The lowest BCUT2D eigenvalue weighted by Crippen LogP contribution is -2.47. The second kappa shape index (κ2) is 9.48. The molecule has 0 aliphatic rings. The predicted molar refractivity (Wildman–Crippen MR) is 70.3 cm³/mol. The lowest BCUT2D eigenvalue weighted by atomic mass is 9.75. The Labute approximate surface area is 105 Å². The van der Waals surface area contributed by atoms with E-state index < -0.39 is 13.1 Å². The van der Waals surface area contributed by atoms with Crippen LogP contribution in [0, 0.1) is 5.92 Å². The van der Waals surface area contributed by atoms with Crippen molar-refractivity contribution in [1.29, 1.82) is 0 Å². The summed E-state index contributed by atoms with van der Waals surface area (Å²) in [5.74, 6) is -0.310. The molecule has 3 N–H and O–H groups in total. The Kier molecular flexibility index (Phi) is 9.18. The van der Waals surface area contributed by atoms with Gasteiger partial charge in [-0.2, -0.15) is 0 Å². The molecule has 0 spiro atoms. The van der Waals surface area contributed by atoms with E-state index in [1.807, 2.05) is 13.8 Å². The molecule has 17 heavy (non-hydrogen) atoms. The number of unbranched alkanes of at least 4 members (excludes halogenated alkanes) is 3. The zero-order valence-corrected chi connectivity index (χ0v) is 11.3. The van der Waals surface area contributed by atoms with E-state index in [0.717, 1.165) is 25.7 Å². The van der Waals surface area contributed by atoms with Crippen molar-refractivity contribution in [3.63, 3.8) is 0 Å². The summed E-state index contributed by atoms with van der Waals surface area (Å²) in [4.78, 5) is 11.6. The van der Waals surface area contributed by atoms with Crippen LogP contribution in [0.15, 0.2) is 0 Å². The Bertz CT molecular complexity index is 210. The van der Waals surface area contributed by atoms with E-state index in [2.05, 4.69) is 12.2 Å². The summed E-state index contributed by atoms with van der Waals surface area (Å²) >= 11 is 0. The highest BCUT2D eigenvalue weighted by atomic mass is 16.4. The van der Waals surface area contributed by atoms with Gasteiger partial charge in [-0.3, -0.25) is 4.79 Å². The smallest absolute Gasteiger partial charge is 0.426 e. The average molecular weight is 243 g/mol. The maximum Gasteiger partial charge on any atom is 0.475 e. The fourth-order valence-corrected chi connectivity index (χ4v) is 1.75. The number of rotatable bonds is 9. The van der Waals surface area contributed by atoms with Gasteiger partial charge >= 0.3 is 7.12 Å². The van der Waals surface area contributed by atoms with Gasteiger partial charge in [0, 0.05) is 6.42 Å². The zero-order chi connectivity index (χ0) is 13.3. The third-order valence-electron chi connectivity index (χ3n) is 2.69. The molecule has 100 valence electrons. The van der Waals surface area contributed by atoms with Crippen LogP contribution in [0.3, 0.4) is 0 Å². The SMILES string of the molecule is CCCCCCC(=O)NC(CC(C)C)B(O)O. The van der Waals surface area contributed by atoms with Gasteiger partial charge in [-0.25, -0.2) is 0 Å². The lowest BCUT2D eigenvalue weighted by molar-refractivity contribution is -0.121. The summed E-state index contributed by atoms with van der Waals surface area (Å²) in [6.45, 7) is 6.10. The van der Waals surface area contributed by atoms with Crippen LogP contribution < -0.4 is 5.32 Å². The largest absolute Gasteiger partial charge is 0.475 e.